The number of thiophene rings is 3. The van der Waals surface area contributed by atoms with Gasteiger partial charge < -0.3 is 9.88 Å². The Morgan fingerprint density at radius 3 is 1.81 bits per heavy atom. The Labute approximate surface area is 424 Å². The molecule has 0 saturated heterocycles. The van der Waals surface area contributed by atoms with Crippen molar-refractivity contribution in [2.75, 3.05) is 0 Å². The maximum absolute atomic E-state index is 5.73. The third kappa shape index (κ3) is 6.02. The highest BCUT2D eigenvalue weighted by molar-refractivity contribution is 7.26. The molecule has 72 heavy (non-hydrogen) atoms. The molecule has 16 rings (SSSR count). The van der Waals surface area contributed by atoms with E-state index in [0.29, 0.717) is 5.84 Å². The summed E-state index contributed by atoms with van der Waals surface area (Å²) >= 11 is 5.51. The molecule has 1 aliphatic heterocycles. The molecule has 15 aromatic rings. The molecule has 0 saturated carbocycles. The van der Waals surface area contributed by atoms with Gasteiger partial charge in [-0.25, -0.2) is 9.98 Å². The molecule has 0 spiro atoms. The van der Waals surface area contributed by atoms with Gasteiger partial charge in [0.2, 0.25) is 0 Å². The van der Waals surface area contributed by atoms with Gasteiger partial charge in [-0.15, -0.1) is 34.0 Å². The Morgan fingerprint density at radius 1 is 0.375 bits per heavy atom. The number of hydrogen-bond donors (Lipinski definition) is 1. The van der Waals surface area contributed by atoms with Crippen LogP contribution >= 0.6 is 34.0 Å². The molecular formula is C65H38N4S3. The zero-order chi connectivity index (χ0) is 47.0. The van der Waals surface area contributed by atoms with Crippen LogP contribution in [-0.4, -0.2) is 16.2 Å². The molecule has 1 aliphatic rings. The van der Waals surface area contributed by atoms with Crippen LogP contribution in [0.15, 0.2) is 228 Å². The number of benzene rings is 11. The second-order valence-corrected chi connectivity index (χ2v) is 22.1. The maximum atomic E-state index is 5.73. The fourth-order valence-electron chi connectivity index (χ4n) is 11.6. The lowest BCUT2D eigenvalue weighted by Gasteiger charge is -2.26. The van der Waals surface area contributed by atoms with Crippen molar-refractivity contribution in [3.63, 3.8) is 0 Å². The van der Waals surface area contributed by atoms with Crippen LogP contribution in [0.5, 0.6) is 0 Å². The van der Waals surface area contributed by atoms with Gasteiger partial charge in [-0.3, -0.25) is 0 Å². The van der Waals surface area contributed by atoms with E-state index in [0.717, 1.165) is 39.3 Å². The van der Waals surface area contributed by atoms with Crippen LogP contribution in [0.4, 0.5) is 0 Å². The number of fused-ring (bicyclic) bond motifs is 15. The predicted molar refractivity (Wildman–Crippen MR) is 312 cm³/mol. The summed E-state index contributed by atoms with van der Waals surface area (Å²) in [6, 6.07) is 80.4. The van der Waals surface area contributed by atoms with E-state index in [9.17, 15) is 0 Å². The number of nitrogens with one attached hydrogen (secondary N) is 1. The molecule has 0 radical (unpaired) electrons. The van der Waals surface area contributed by atoms with E-state index >= 15 is 0 Å². The van der Waals surface area contributed by atoms with Gasteiger partial charge in [-0.2, -0.15) is 0 Å². The van der Waals surface area contributed by atoms with Crippen LogP contribution in [0.25, 0.3) is 121 Å². The molecule has 7 heteroatoms. The van der Waals surface area contributed by atoms with Crippen molar-refractivity contribution in [3.8, 4) is 16.8 Å². The summed E-state index contributed by atoms with van der Waals surface area (Å²) in [6.07, 6.45) is -0.427. The van der Waals surface area contributed by atoms with Crippen molar-refractivity contribution in [3.05, 3.63) is 235 Å². The number of nitrogens with zero attached hydrogens (tertiary/aromatic N) is 3. The van der Waals surface area contributed by atoms with E-state index in [1.165, 1.54) is 104 Å². The molecule has 4 aromatic heterocycles. The van der Waals surface area contributed by atoms with Gasteiger partial charge in [-0.1, -0.05) is 140 Å². The fraction of sp³-hybridized carbons (Fsp3) is 0.0154. The minimum absolute atomic E-state index is 0.427. The van der Waals surface area contributed by atoms with Gasteiger partial charge in [0.1, 0.15) is 12.0 Å². The number of hydrogen-bond acceptors (Lipinski definition) is 6. The number of aromatic nitrogens is 1. The second-order valence-electron chi connectivity index (χ2n) is 18.8. The normalized spacial score (nSPS) is 14.2. The first-order valence-corrected chi connectivity index (χ1v) is 26.8. The zero-order valence-corrected chi connectivity index (χ0v) is 40.9. The molecule has 1 unspecified atom stereocenters. The van der Waals surface area contributed by atoms with Gasteiger partial charge in [0.05, 0.1) is 11.0 Å². The summed E-state index contributed by atoms with van der Waals surface area (Å²) in [7, 11) is 0. The lowest BCUT2D eigenvalue weighted by molar-refractivity contribution is 0.680. The van der Waals surface area contributed by atoms with Gasteiger partial charge in [0.15, 0.2) is 5.84 Å². The van der Waals surface area contributed by atoms with Gasteiger partial charge >= 0.3 is 0 Å². The first-order valence-electron chi connectivity index (χ1n) is 24.3. The number of aliphatic imine (C=N–C) groups is 2. The average molecular weight is 971 g/mol. The van der Waals surface area contributed by atoms with Crippen LogP contribution in [0.3, 0.4) is 0 Å². The first-order chi connectivity index (χ1) is 35.7. The van der Waals surface area contributed by atoms with E-state index in [1.807, 2.05) is 34.0 Å². The summed E-state index contributed by atoms with van der Waals surface area (Å²) in [4.78, 5) is 11.4. The summed E-state index contributed by atoms with van der Waals surface area (Å²) in [5, 5.41) is 18.8. The van der Waals surface area contributed by atoms with Crippen molar-refractivity contribution in [2.24, 2.45) is 9.98 Å². The molecule has 4 nitrogen and oxygen atoms in total. The van der Waals surface area contributed by atoms with Gasteiger partial charge in [0, 0.05) is 93.7 Å². The smallest absolute Gasteiger partial charge is 0.160 e. The molecule has 1 N–H and O–H groups in total. The van der Waals surface area contributed by atoms with E-state index in [4.69, 9.17) is 9.98 Å². The lowest BCUT2D eigenvalue weighted by atomic mass is 9.95. The largest absolute Gasteiger partial charge is 0.344 e. The highest BCUT2D eigenvalue weighted by Crippen LogP contribution is 2.44. The van der Waals surface area contributed by atoms with Crippen molar-refractivity contribution < 1.29 is 0 Å². The number of rotatable bonds is 5. The van der Waals surface area contributed by atoms with Crippen molar-refractivity contribution in [1.29, 1.82) is 0 Å². The maximum Gasteiger partial charge on any atom is 0.160 e. The average Bonchev–Trinajstić information content (AvgIpc) is 4.21. The van der Waals surface area contributed by atoms with Crippen LogP contribution in [0.1, 0.15) is 22.9 Å². The lowest BCUT2D eigenvalue weighted by Crippen LogP contribution is -2.34. The Kier molecular flexibility index (Phi) is 8.68. The molecular weight excluding hydrogens is 933 g/mol. The van der Waals surface area contributed by atoms with Crippen LogP contribution in [0, 0.1) is 0 Å². The summed E-state index contributed by atoms with van der Waals surface area (Å²) in [6.45, 7) is 0. The van der Waals surface area contributed by atoms with Crippen LogP contribution < -0.4 is 5.32 Å². The highest BCUT2D eigenvalue weighted by atomic mass is 32.1. The standard InChI is InChI=1S/C65H38N4S3/c1-2-15-39-35-53-51(33-38(39)14-1)60-42-16-4-3-13-37(42)27-31-52(60)69(53)41-29-30-44(49(36-41)40-28-32-57-50(34-40)43-17-5-8-22-54(43)70-57)63-66-64(47-20-11-25-58-61(47)45-18-6-9-23-55(45)71-58)68-65(67-63)48-21-12-26-59-62(48)46-19-7-10-24-56(46)72-59/h1-36,64H,(H,66,67,68). The topological polar surface area (TPSA) is 41.7 Å². The van der Waals surface area contributed by atoms with E-state index in [1.54, 1.807) is 0 Å². The third-order valence-corrected chi connectivity index (χ3v) is 18.3. The predicted octanol–water partition coefficient (Wildman–Crippen LogP) is 18.4. The minimum Gasteiger partial charge on any atom is -0.344 e. The van der Waals surface area contributed by atoms with Crippen molar-refractivity contribution >= 4 is 150 Å². The third-order valence-electron chi connectivity index (χ3n) is 14.8. The van der Waals surface area contributed by atoms with Gasteiger partial charge in [-0.05, 0) is 112 Å². The quantitative estimate of drug-likeness (QED) is 0.183. The zero-order valence-electron chi connectivity index (χ0n) is 38.4. The first kappa shape index (κ1) is 40.3. The molecule has 336 valence electrons. The molecule has 5 heterocycles. The Morgan fingerprint density at radius 2 is 1.00 bits per heavy atom. The molecule has 0 fully saturated rings. The Balaban J connectivity index is 0.988. The molecule has 1 atom stereocenters. The molecule has 0 amide bonds. The van der Waals surface area contributed by atoms with Crippen LogP contribution in [-0.2, 0) is 0 Å². The molecule has 11 aromatic carbocycles. The van der Waals surface area contributed by atoms with Crippen molar-refractivity contribution in [1.82, 2.24) is 9.88 Å². The van der Waals surface area contributed by atoms with Gasteiger partial charge in [0.25, 0.3) is 0 Å². The Bertz CT molecular complexity index is 4870. The Hall–Kier alpha value is -8.46. The summed E-state index contributed by atoms with van der Waals surface area (Å²) in [5.41, 5.74) is 8.78. The highest BCUT2D eigenvalue weighted by Gasteiger charge is 2.28. The van der Waals surface area contributed by atoms with E-state index < -0.39 is 6.17 Å². The summed E-state index contributed by atoms with van der Waals surface area (Å²) in [5.74, 6) is 1.50. The fourth-order valence-corrected chi connectivity index (χ4v) is 15.0. The van der Waals surface area contributed by atoms with Crippen LogP contribution in [0.2, 0.25) is 0 Å². The van der Waals surface area contributed by atoms with E-state index in [-0.39, 0.29) is 0 Å². The summed E-state index contributed by atoms with van der Waals surface area (Å²) < 4.78 is 10.0. The number of amidine groups is 2. The minimum atomic E-state index is -0.427. The monoisotopic (exact) mass is 970 g/mol. The van der Waals surface area contributed by atoms with E-state index in [2.05, 4.69) is 228 Å². The molecule has 0 aliphatic carbocycles. The molecule has 0 bridgehead atoms. The SMILES string of the molecule is c1ccc2cc3c(cc2c1)c1c2ccccc2ccc1n3-c1ccc(C2=NC(c3cccc4sc5ccccc5c34)NC(c3cccc4sc5ccccc5c34)=N2)c(-c2ccc3sc4ccccc4c3c2)c1. The second kappa shape index (κ2) is 15.5. The van der Waals surface area contributed by atoms with Crippen molar-refractivity contribution in [2.45, 2.75) is 6.17 Å².